The van der Waals surface area contributed by atoms with E-state index in [-0.39, 0.29) is 0 Å². The molecule has 16 heavy (non-hydrogen) atoms. The highest BCUT2D eigenvalue weighted by Gasteiger charge is 2.20. The zero-order valence-electron chi connectivity index (χ0n) is 9.69. The van der Waals surface area contributed by atoms with Crippen molar-refractivity contribution in [2.24, 2.45) is 5.92 Å². The van der Waals surface area contributed by atoms with Crippen molar-refractivity contribution in [3.63, 3.8) is 0 Å². The second-order valence-corrected chi connectivity index (χ2v) is 4.26. The summed E-state index contributed by atoms with van der Waals surface area (Å²) < 4.78 is 0. The molecule has 5 heteroatoms. The molecule has 1 atom stereocenters. The first-order chi connectivity index (χ1) is 7.78. The Morgan fingerprint density at radius 2 is 2.44 bits per heavy atom. The van der Waals surface area contributed by atoms with Crippen LogP contribution < -0.4 is 11.1 Å². The summed E-state index contributed by atoms with van der Waals surface area (Å²) in [5.41, 5.74) is 5.59. The fraction of sp³-hybridized carbons (Fsp3) is 0.636. The summed E-state index contributed by atoms with van der Waals surface area (Å²) in [5, 5.41) is 3.31. The molecule has 0 amide bonds. The summed E-state index contributed by atoms with van der Waals surface area (Å²) >= 11 is 0. The average Bonchev–Trinajstić information content (AvgIpc) is 2.74. The van der Waals surface area contributed by atoms with E-state index in [2.05, 4.69) is 27.1 Å². The van der Waals surface area contributed by atoms with Crippen LogP contribution >= 0.6 is 0 Å². The molecule has 5 nitrogen and oxygen atoms in total. The highest BCUT2D eigenvalue weighted by molar-refractivity contribution is 5.43. The van der Waals surface area contributed by atoms with Crippen LogP contribution in [0, 0.1) is 5.92 Å². The molecule has 1 aliphatic rings. The SMILES string of the molecule is CCN1CCC(CNc2cc(N)ncn2)C1. The van der Waals surface area contributed by atoms with Crippen molar-refractivity contribution < 1.29 is 0 Å². The van der Waals surface area contributed by atoms with Crippen molar-refractivity contribution >= 4 is 11.6 Å². The smallest absolute Gasteiger partial charge is 0.131 e. The summed E-state index contributed by atoms with van der Waals surface area (Å²) in [7, 11) is 0. The molecule has 2 heterocycles. The van der Waals surface area contributed by atoms with E-state index in [0.29, 0.717) is 5.82 Å². The van der Waals surface area contributed by atoms with Crippen LogP contribution in [0.25, 0.3) is 0 Å². The van der Waals surface area contributed by atoms with E-state index in [1.165, 1.54) is 25.8 Å². The minimum absolute atomic E-state index is 0.513. The molecule has 88 valence electrons. The molecule has 0 saturated carbocycles. The number of hydrogen-bond acceptors (Lipinski definition) is 5. The van der Waals surface area contributed by atoms with Crippen molar-refractivity contribution in [1.82, 2.24) is 14.9 Å². The zero-order chi connectivity index (χ0) is 11.4. The molecule has 0 bridgehead atoms. The van der Waals surface area contributed by atoms with Gasteiger partial charge in [-0.1, -0.05) is 6.92 Å². The molecule has 0 spiro atoms. The van der Waals surface area contributed by atoms with Crippen LogP contribution in [0.5, 0.6) is 0 Å². The van der Waals surface area contributed by atoms with Crippen molar-refractivity contribution in [2.45, 2.75) is 13.3 Å². The van der Waals surface area contributed by atoms with Gasteiger partial charge in [0.2, 0.25) is 0 Å². The van der Waals surface area contributed by atoms with Gasteiger partial charge < -0.3 is 16.0 Å². The Morgan fingerprint density at radius 1 is 1.56 bits per heavy atom. The van der Waals surface area contributed by atoms with E-state index < -0.39 is 0 Å². The molecular formula is C11H19N5. The van der Waals surface area contributed by atoms with Gasteiger partial charge in [-0.05, 0) is 25.4 Å². The molecule has 2 rings (SSSR count). The molecule has 3 N–H and O–H groups in total. The first-order valence-corrected chi connectivity index (χ1v) is 5.81. The van der Waals surface area contributed by atoms with Crippen molar-refractivity contribution in [3.8, 4) is 0 Å². The first kappa shape index (κ1) is 11.1. The Kier molecular flexibility index (Phi) is 3.56. The number of hydrogen-bond donors (Lipinski definition) is 2. The molecule has 0 aromatic carbocycles. The number of nitrogens with one attached hydrogen (secondary N) is 1. The lowest BCUT2D eigenvalue weighted by atomic mass is 10.1. The van der Waals surface area contributed by atoms with Crippen molar-refractivity contribution in [1.29, 1.82) is 0 Å². The maximum Gasteiger partial charge on any atom is 0.131 e. The van der Waals surface area contributed by atoms with Crippen LogP contribution in [0.4, 0.5) is 11.6 Å². The second-order valence-electron chi connectivity index (χ2n) is 4.26. The third-order valence-corrected chi connectivity index (χ3v) is 3.08. The summed E-state index contributed by atoms with van der Waals surface area (Å²) in [4.78, 5) is 10.5. The van der Waals surface area contributed by atoms with Gasteiger partial charge in [0.15, 0.2) is 0 Å². The third-order valence-electron chi connectivity index (χ3n) is 3.08. The van der Waals surface area contributed by atoms with Gasteiger partial charge in [-0.3, -0.25) is 0 Å². The van der Waals surface area contributed by atoms with Gasteiger partial charge in [-0.25, -0.2) is 9.97 Å². The maximum atomic E-state index is 5.59. The van der Waals surface area contributed by atoms with Gasteiger partial charge in [0.05, 0.1) is 0 Å². The molecule has 1 aromatic rings. The molecular weight excluding hydrogens is 202 g/mol. The Balaban J connectivity index is 1.80. The molecule has 1 aromatic heterocycles. The molecule has 1 fully saturated rings. The van der Waals surface area contributed by atoms with Crippen LogP contribution in [0.15, 0.2) is 12.4 Å². The lowest BCUT2D eigenvalue weighted by Gasteiger charge is -2.13. The number of rotatable bonds is 4. The van der Waals surface area contributed by atoms with E-state index in [9.17, 15) is 0 Å². The standard InChI is InChI=1S/C11H19N5/c1-2-16-4-3-9(7-16)6-13-11-5-10(12)14-8-15-11/h5,8-9H,2-4,6-7H2,1H3,(H3,12,13,14,15). The average molecular weight is 221 g/mol. The van der Waals surface area contributed by atoms with Crippen LogP contribution in [0.2, 0.25) is 0 Å². The first-order valence-electron chi connectivity index (χ1n) is 5.81. The van der Waals surface area contributed by atoms with E-state index in [0.717, 1.165) is 24.8 Å². The fourth-order valence-electron chi connectivity index (χ4n) is 2.08. The predicted molar refractivity (Wildman–Crippen MR) is 65.2 cm³/mol. The summed E-state index contributed by atoms with van der Waals surface area (Å²) in [5.74, 6) is 2.05. The van der Waals surface area contributed by atoms with Crippen LogP contribution in [-0.2, 0) is 0 Å². The van der Waals surface area contributed by atoms with Gasteiger partial charge >= 0.3 is 0 Å². The Hall–Kier alpha value is -1.36. The highest BCUT2D eigenvalue weighted by Crippen LogP contribution is 2.16. The monoisotopic (exact) mass is 221 g/mol. The van der Waals surface area contributed by atoms with Crippen LogP contribution in [0.3, 0.4) is 0 Å². The summed E-state index contributed by atoms with van der Waals surface area (Å²) in [6.45, 7) is 6.73. The second kappa shape index (κ2) is 5.12. The molecule has 0 aliphatic carbocycles. The van der Waals surface area contributed by atoms with E-state index >= 15 is 0 Å². The normalized spacial score (nSPS) is 21.2. The van der Waals surface area contributed by atoms with E-state index in [1.54, 1.807) is 6.07 Å². The largest absolute Gasteiger partial charge is 0.384 e. The third kappa shape index (κ3) is 2.82. The molecule has 0 radical (unpaired) electrons. The predicted octanol–water partition coefficient (Wildman–Crippen LogP) is 0.812. The minimum Gasteiger partial charge on any atom is -0.384 e. The van der Waals surface area contributed by atoms with Gasteiger partial charge in [-0.2, -0.15) is 0 Å². The number of aromatic nitrogens is 2. The van der Waals surface area contributed by atoms with E-state index in [4.69, 9.17) is 5.73 Å². The molecule has 1 saturated heterocycles. The topological polar surface area (TPSA) is 67.1 Å². The maximum absolute atomic E-state index is 5.59. The van der Waals surface area contributed by atoms with Gasteiger partial charge in [0, 0.05) is 19.2 Å². The number of nitrogens with zero attached hydrogens (tertiary/aromatic N) is 3. The fourth-order valence-corrected chi connectivity index (χ4v) is 2.08. The minimum atomic E-state index is 0.513. The molecule has 1 aliphatic heterocycles. The number of nitrogen functional groups attached to an aromatic ring is 1. The Labute approximate surface area is 96.1 Å². The summed E-state index contributed by atoms with van der Waals surface area (Å²) in [6.07, 6.45) is 2.76. The van der Waals surface area contributed by atoms with Crippen LogP contribution in [0.1, 0.15) is 13.3 Å². The lowest BCUT2D eigenvalue weighted by Crippen LogP contribution is -2.22. The number of likely N-dealkylation sites (tertiary alicyclic amines) is 1. The lowest BCUT2D eigenvalue weighted by molar-refractivity contribution is 0.345. The van der Waals surface area contributed by atoms with E-state index in [1.807, 2.05) is 0 Å². The highest BCUT2D eigenvalue weighted by atomic mass is 15.1. The zero-order valence-corrected chi connectivity index (χ0v) is 9.69. The summed E-state index contributed by atoms with van der Waals surface area (Å²) in [6, 6.07) is 1.77. The quantitative estimate of drug-likeness (QED) is 0.787. The van der Waals surface area contributed by atoms with Crippen LogP contribution in [-0.4, -0.2) is 41.0 Å². The number of anilines is 2. The van der Waals surface area contributed by atoms with Gasteiger partial charge in [0.1, 0.15) is 18.0 Å². The Bertz CT molecular complexity index is 341. The Morgan fingerprint density at radius 3 is 3.12 bits per heavy atom. The number of nitrogens with two attached hydrogens (primary N) is 1. The van der Waals surface area contributed by atoms with Gasteiger partial charge in [-0.15, -0.1) is 0 Å². The van der Waals surface area contributed by atoms with Crippen molar-refractivity contribution in [2.75, 3.05) is 37.2 Å². The van der Waals surface area contributed by atoms with Gasteiger partial charge in [0.25, 0.3) is 0 Å². The van der Waals surface area contributed by atoms with Crippen molar-refractivity contribution in [3.05, 3.63) is 12.4 Å². The molecule has 1 unspecified atom stereocenters.